The minimum atomic E-state index is -0.308. The lowest BCUT2D eigenvalue weighted by atomic mass is 10.3. The van der Waals surface area contributed by atoms with Crippen LogP contribution >= 0.6 is 0 Å². The molecule has 0 aliphatic heterocycles. The van der Waals surface area contributed by atoms with Crippen LogP contribution in [-0.2, 0) is 0 Å². The first-order valence-electron chi connectivity index (χ1n) is 5.06. The van der Waals surface area contributed by atoms with E-state index in [0.717, 1.165) is 0 Å². The fourth-order valence-corrected chi connectivity index (χ4v) is 1.17. The minimum absolute atomic E-state index is 0.203. The Labute approximate surface area is 97.2 Å². The average Bonchev–Trinajstić information content (AvgIpc) is 2.78. The van der Waals surface area contributed by atoms with Crippen LogP contribution in [0.2, 0.25) is 0 Å². The van der Waals surface area contributed by atoms with Gasteiger partial charge < -0.3 is 4.74 Å². The van der Waals surface area contributed by atoms with Crippen molar-refractivity contribution in [1.29, 1.82) is 0 Å². The third-order valence-corrected chi connectivity index (χ3v) is 1.89. The number of nitrogens with zero attached hydrogens (tertiary/aromatic N) is 3. The largest absolute Gasteiger partial charge is 0.463 e. The molecule has 88 valence electrons. The molecule has 0 aliphatic carbocycles. The number of aromatic nitrogens is 4. The summed E-state index contributed by atoms with van der Waals surface area (Å²) in [6.45, 7) is 2.29. The quantitative estimate of drug-likeness (QED) is 0.816. The Morgan fingerprint density at radius 2 is 2.47 bits per heavy atom. The Hall–Kier alpha value is -2.44. The van der Waals surface area contributed by atoms with Gasteiger partial charge in [0.05, 0.1) is 12.2 Å². The highest BCUT2D eigenvalue weighted by atomic mass is 16.5. The third kappa shape index (κ3) is 2.77. The Kier molecular flexibility index (Phi) is 3.29. The van der Waals surface area contributed by atoms with Crippen molar-refractivity contribution in [2.75, 3.05) is 11.9 Å². The molecule has 2 rings (SSSR count). The maximum Gasteiger partial charge on any atom is 0.337 e. The van der Waals surface area contributed by atoms with Crippen LogP contribution in [0, 0.1) is 0 Å². The highest BCUT2D eigenvalue weighted by Gasteiger charge is 2.09. The van der Waals surface area contributed by atoms with Crippen molar-refractivity contribution in [1.82, 2.24) is 20.2 Å². The van der Waals surface area contributed by atoms with E-state index >= 15 is 0 Å². The van der Waals surface area contributed by atoms with E-state index in [9.17, 15) is 4.79 Å². The van der Waals surface area contributed by atoms with Crippen LogP contribution in [0.4, 0.5) is 5.95 Å². The summed E-state index contributed by atoms with van der Waals surface area (Å²) in [6.07, 6.45) is 3.06. The highest BCUT2D eigenvalue weighted by molar-refractivity contribution is 6.03. The number of carbonyl (C=O) groups excluding carboxylic acids is 1. The fraction of sp³-hybridized carbons (Fsp3) is 0.200. The van der Waals surface area contributed by atoms with Gasteiger partial charge in [0, 0.05) is 12.4 Å². The predicted octanol–water partition coefficient (Wildman–Crippen LogP) is 0.851. The summed E-state index contributed by atoms with van der Waals surface area (Å²) in [5.74, 6) is -0.0698. The van der Waals surface area contributed by atoms with Crippen LogP contribution in [0.1, 0.15) is 17.3 Å². The summed E-state index contributed by atoms with van der Waals surface area (Å²) in [4.78, 5) is 19.5. The summed E-state index contributed by atoms with van der Waals surface area (Å²) in [5.41, 5.74) is 0.446. The van der Waals surface area contributed by atoms with Crippen molar-refractivity contribution in [3.05, 3.63) is 30.1 Å². The number of nitrogens with one attached hydrogen (secondary N) is 2. The molecule has 0 radical (unpaired) electrons. The lowest BCUT2D eigenvalue weighted by Crippen LogP contribution is -2.13. The molecule has 1 amide bonds. The molecule has 2 aromatic rings. The van der Waals surface area contributed by atoms with Crippen LogP contribution in [-0.4, -0.2) is 32.7 Å². The number of hydrogen-bond acceptors (Lipinski definition) is 5. The van der Waals surface area contributed by atoms with E-state index in [1.165, 1.54) is 6.20 Å². The second-order valence-electron chi connectivity index (χ2n) is 3.10. The molecule has 0 aromatic carbocycles. The monoisotopic (exact) mass is 233 g/mol. The molecule has 0 atom stereocenters. The molecule has 0 saturated heterocycles. The van der Waals surface area contributed by atoms with E-state index in [2.05, 4.69) is 25.5 Å². The van der Waals surface area contributed by atoms with Crippen LogP contribution < -0.4 is 10.1 Å². The molecule has 0 unspecified atom stereocenters. The zero-order chi connectivity index (χ0) is 12.1. The minimum Gasteiger partial charge on any atom is -0.463 e. The second kappa shape index (κ2) is 5.06. The van der Waals surface area contributed by atoms with E-state index in [-0.39, 0.29) is 17.9 Å². The molecule has 2 N–H and O–H groups in total. The van der Waals surface area contributed by atoms with Crippen LogP contribution in [0.5, 0.6) is 6.01 Å². The lowest BCUT2D eigenvalue weighted by Gasteiger charge is -1.99. The van der Waals surface area contributed by atoms with Gasteiger partial charge in [0.15, 0.2) is 0 Å². The van der Waals surface area contributed by atoms with Gasteiger partial charge in [-0.15, -0.1) is 5.10 Å². The molecule has 2 heterocycles. The fourth-order valence-electron chi connectivity index (χ4n) is 1.17. The van der Waals surface area contributed by atoms with Gasteiger partial charge in [-0.1, -0.05) is 0 Å². The number of amides is 1. The number of ether oxygens (including phenoxy) is 1. The zero-order valence-corrected chi connectivity index (χ0v) is 9.17. The van der Waals surface area contributed by atoms with E-state index in [1.54, 1.807) is 18.3 Å². The Morgan fingerprint density at radius 1 is 1.59 bits per heavy atom. The first-order chi connectivity index (χ1) is 8.29. The normalized spacial score (nSPS) is 9.94. The number of anilines is 1. The van der Waals surface area contributed by atoms with Crippen LogP contribution in [0.25, 0.3) is 0 Å². The summed E-state index contributed by atoms with van der Waals surface area (Å²) in [6, 6.07) is 3.54. The molecular formula is C10H11N5O2. The van der Waals surface area contributed by atoms with Gasteiger partial charge >= 0.3 is 6.01 Å². The number of pyridine rings is 1. The Balaban J connectivity index is 2.03. The van der Waals surface area contributed by atoms with Gasteiger partial charge in [-0.05, 0) is 19.1 Å². The third-order valence-electron chi connectivity index (χ3n) is 1.89. The van der Waals surface area contributed by atoms with Crippen LogP contribution in [0.15, 0.2) is 24.5 Å². The molecule has 0 aliphatic rings. The summed E-state index contributed by atoms with van der Waals surface area (Å²) in [5, 5.41) is 8.87. The van der Waals surface area contributed by atoms with Gasteiger partial charge in [0.2, 0.25) is 5.95 Å². The van der Waals surface area contributed by atoms with Gasteiger partial charge in [-0.2, -0.15) is 4.98 Å². The standard InChI is InChI=1S/C10H11N5O2/c1-2-17-10-13-9(14-15-10)12-8(16)7-4-3-5-11-6-7/h3-6H,2H2,1H3,(H2,12,13,14,15,16). The van der Waals surface area contributed by atoms with E-state index < -0.39 is 0 Å². The second-order valence-corrected chi connectivity index (χ2v) is 3.10. The van der Waals surface area contributed by atoms with Gasteiger partial charge in [0.25, 0.3) is 5.91 Å². The molecule has 7 nitrogen and oxygen atoms in total. The van der Waals surface area contributed by atoms with E-state index in [0.29, 0.717) is 12.2 Å². The maximum absolute atomic E-state index is 11.7. The van der Waals surface area contributed by atoms with Crippen molar-refractivity contribution >= 4 is 11.9 Å². The molecule has 17 heavy (non-hydrogen) atoms. The first-order valence-corrected chi connectivity index (χ1v) is 5.06. The molecular weight excluding hydrogens is 222 g/mol. The first kappa shape index (κ1) is 11.1. The van der Waals surface area contributed by atoms with E-state index in [4.69, 9.17) is 4.74 Å². The molecule has 2 aromatic heterocycles. The molecule has 7 heteroatoms. The SMILES string of the molecule is CCOc1n[nH]c(NC(=O)c2cccnc2)n1. The molecule has 0 spiro atoms. The molecule has 0 saturated carbocycles. The van der Waals surface area contributed by atoms with Crippen molar-refractivity contribution in [2.24, 2.45) is 0 Å². The maximum atomic E-state index is 11.7. The number of carbonyl (C=O) groups is 1. The average molecular weight is 233 g/mol. The van der Waals surface area contributed by atoms with Crippen molar-refractivity contribution in [2.45, 2.75) is 6.92 Å². The van der Waals surface area contributed by atoms with Gasteiger partial charge in [-0.25, -0.2) is 5.10 Å². The number of H-pyrrole nitrogens is 1. The summed E-state index contributed by atoms with van der Waals surface area (Å²) < 4.78 is 5.06. The van der Waals surface area contributed by atoms with Crippen molar-refractivity contribution in [3.63, 3.8) is 0 Å². The number of aromatic amines is 1. The highest BCUT2D eigenvalue weighted by Crippen LogP contribution is 2.07. The Bertz CT molecular complexity index is 496. The number of hydrogen-bond donors (Lipinski definition) is 2. The van der Waals surface area contributed by atoms with Crippen molar-refractivity contribution in [3.8, 4) is 6.01 Å². The van der Waals surface area contributed by atoms with Crippen LogP contribution in [0.3, 0.4) is 0 Å². The smallest absolute Gasteiger partial charge is 0.337 e. The lowest BCUT2D eigenvalue weighted by molar-refractivity contribution is 0.102. The van der Waals surface area contributed by atoms with Crippen molar-refractivity contribution < 1.29 is 9.53 Å². The molecule has 0 bridgehead atoms. The van der Waals surface area contributed by atoms with Gasteiger partial charge in [0.1, 0.15) is 0 Å². The number of rotatable bonds is 4. The zero-order valence-electron chi connectivity index (χ0n) is 9.17. The predicted molar refractivity (Wildman–Crippen MR) is 59.7 cm³/mol. The summed E-state index contributed by atoms with van der Waals surface area (Å²) in [7, 11) is 0. The van der Waals surface area contributed by atoms with E-state index in [1.807, 2.05) is 6.92 Å². The van der Waals surface area contributed by atoms with Gasteiger partial charge in [-0.3, -0.25) is 15.1 Å². The molecule has 0 fully saturated rings. The summed E-state index contributed by atoms with van der Waals surface area (Å²) >= 11 is 0. The Morgan fingerprint density at radius 3 is 3.18 bits per heavy atom. The topological polar surface area (TPSA) is 92.8 Å².